The van der Waals surface area contributed by atoms with Crippen molar-refractivity contribution < 1.29 is 4.79 Å². The zero-order valence-electron chi connectivity index (χ0n) is 16.7. The topological polar surface area (TPSA) is 58.1 Å². The number of hydrogen-bond acceptors (Lipinski definition) is 3. The van der Waals surface area contributed by atoms with Crippen LogP contribution in [0.4, 0.5) is 0 Å². The zero-order valence-corrected chi connectivity index (χ0v) is 16.7. The predicted molar refractivity (Wildman–Crippen MR) is 113 cm³/mol. The number of nitrogens with one attached hydrogen (secondary N) is 3. The summed E-state index contributed by atoms with van der Waals surface area (Å²) in [6.45, 7) is 7.39. The summed E-state index contributed by atoms with van der Waals surface area (Å²) < 4.78 is 2.34. The van der Waals surface area contributed by atoms with Gasteiger partial charge in [0, 0.05) is 29.7 Å². The molecular formula is C23H28N4O. The number of fused-ring (bicyclic) bond motifs is 1. The molecule has 2 aromatic carbocycles. The van der Waals surface area contributed by atoms with Gasteiger partial charge in [0.1, 0.15) is 0 Å². The van der Waals surface area contributed by atoms with Gasteiger partial charge in [-0.15, -0.1) is 0 Å². The molecular weight excluding hydrogens is 348 g/mol. The minimum Gasteiger partial charge on any atom is -0.343 e. The molecule has 3 aromatic rings. The van der Waals surface area contributed by atoms with Gasteiger partial charge in [0.25, 0.3) is 5.91 Å². The molecule has 2 unspecified atom stereocenters. The Kier molecular flexibility index (Phi) is 5.20. The number of aryl methyl sites for hydroxylation is 1. The summed E-state index contributed by atoms with van der Waals surface area (Å²) in [6, 6.07) is 18.7. The number of hydrogen-bond donors (Lipinski definition) is 3. The standard InChI is InChI=1S/C23H28N4O/c1-4-27-20-8-6-5-7-18(20)13-21(27)19-14-22(26-25-19)24-23(28)17-11-9-16(10-12-17)15(2)3/h5-13,15,19,22,25-26H,4,14H2,1-3H3,(H,24,28). The Morgan fingerprint density at radius 2 is 1.89 bits per heavy atom. The maximum Gasteiger partial charge on any atom is 0.252 e. The van der Waals surface area contributed by atoms with Gasteiger partial charge in [-0.05, 0) is 48.1 Å². The maximum absolute atomic E-state index is 12.6. The van der Waals surface area contributed by atoms with Crippen LogP contribution in [0.25, 0.3) is 10.9 Å². The first-order valence-corrected chi connectivity index (χ1v) is 10.1. The molecule has 1 aromatic heterocycles. The van der Waals surface area contributed by atoms with Crippen LogP contribution in [0.5, 0.6) is 0 Å². The lowest BCUT2D eigenvalue weighted by molar-refractivity contribution is 0.0932. The molecule has 4 rings (SSSR count). The molecule has 5 nitrogen and oxygen atoms in total. The van der Waals surface area contributed by atoms with E-state index in [9.17, 15) is 4.79 Å². The van der Waals surface area contributed by atoms with E-state index in [1.165, 1.54) is 22.2 Å². The number of rotatable bonds is 5. The fourth-order valence-corrected chi connectivity index (χ4v) is 3.98. The maximum atomic E-state index is 12.6. The molecule has 0 bridgehead atoms. The highest BCUT2D eigenvalue weighted by Gasteiger charge is 2.28. The van der Waals surface area contributed by atoms with Gasteiger partial charge >= 0.3 is 0 Å². The molecule has 146 valence electrons. The number of nitrogens with zero attached hydrogens (tertiary/aromatic N) is 1. The lowest BCUT2D eigenvalue weighted by atomic mass is 10.0. The first-order valence-electron chi connectivity index (χ1n) is 10.1. The average molecular weight is 377 g/mol. The molecule has 3 N–H and O–H groups in total. The van der Waals surface area contributed by atoms with Crippen molar-refractivity contribution in [1.82, 2.24) is 20.7 Å². The first-order chi connectivity index (χ1) is 13.6. The molecule has 5 heteroatoms. The van der Waals surface area contributed by atoms with E-state index >= 15 is 0 Å². The Balaban J connectivity index is 1.45. The summed E-state index contributed by atoms with van der Waals surface area (Å²) in [6.07, 6.45) is 0.692. The fourth-order valence-electron chi connectivity index (χ4n) is 3.98. The van der Waals surface area contributed by atoms with Gasteiger partial charge in [0.2, 0.25) is 0 Å². The number of carbonyl (C=O) groups is 1. The van der Waals surface area contributed by atoms with E-state index in [-0.39, 0.29) is 18.1 Å². The minimum absolute atomic E-state index is 0.0497. The van der Waals surface area contributed by atoms with E-state index in [2.05, 4.69) is 71.8 Å². The number of benzene rings is 2. The van der Waals surface area contributed by atoms with E-state index in [0.717, 1.165) is 13.0 Å². The molecule has 1 fully saturated rings. The quantitative estimate of drug-likeness (QED) is 0.629. The van der Waals surface area contributed by atoms with Crippen LogP contribution in [0.3, 0.4) is 0 Å². The molecule has 1 amide bonds. The zero-order chi connectivity index (χ0) is 19.7. The lowest BCUT2D eigenvalue weighted by Gasteiger charge is -2.14. The van der Waals surface area contributed by atoms with Gasteiger partial charge in [0.05, 0.1) is 12.2 Å². The molecule has 0 aliphatic carbocycles. The SMILES string of the molecule is CCn1c(C2CC(NC(=O)c3ccc(C(C)C)cc3)NN2)cc2ccccc21. The molecule has 1 aliphatic rings. The lowest BCUT2D eigenvalue weighted by Crippen LogP contribution is -2.44. The molecule has 28 heavy (non-hydrogen) atoms. The molecule has 2 heterocycles. The van der Waals surface area contributed by atoms with Crippen molar-refractivity contribution in [3.63, 3.8) is 0 Å². The van der Waals surface area contributed by atoms with Crippen molar-refractivity contribution in [2.75, 3.05) is 0 Å². The van der Waals surface area contributed by atoms with E-state index in [0.29, 0.717) is 11.5 Å². The van der Waals surface area contributed by atoms with Gasteiger partial charge in [-0.25, -0.2) is 10.9 Å². The number of hydrazine groups is 1. The molecule has 1 aliphatic heterocycles. The fraction of sp³-hybridized carbons (Fsp3) is 0.348. The summed E-state index contributed by atoms with van der Waals surface area (Å²) in [7, 11) is 0. The Bertz CT molecular complexity index is 974. The highest BCUT2D eigenvalue weighted by molar-refractivity contribution is 5.94. The summed E-state index contributed by atoms with van der Waals surface area (Å²) >= 11 is 0. The van der Waals surface area contributed by atoms with Crippen molar-refractivity contribution in [3.8, 4) is 0 Å². The second kappa shape index (κ2) is 7.78. The summed E-state index contributed by atoms with van der Waals surface area (Å²) in [5, 5.41) is 4.34. The Morgan fingerprint density at radius 1 is 1.14 bits per heavy atom. The van der Waals surface area contributed by atoms with E-state index in [1.54, 1.807) is 0 Å². The third kappa shape index (κ3) is 3.55. The Hall–Kier alpha value is -2.63. The highest BCUT2D eigenvalue weighted by Crippen LogP contribution is 2.28. The van der Waals surface area contributed by atoms with Crippen LogP contribution in [0.1, 0.15) is 60.8 Å². The normalized spacial score (nSPS) is 19.4. The van der Waals surface area contributed by atoms with E-state index in [4.69, 9.17) is 0 Å². The third-order valence-electron chi connectivity index (χ3n) is 5.56. The van der Waals surface area contributed by atoms with Crippen LogP contribution < -0.4 is 16.2 Å². The number of carbonyl (C=O) groups excluding carboxylic acids is 1. The van der Waals surface area contributed by atoms with Crippen molar-refractivity contribution in [1.29, 1.82) is 0 Å². The number of amides is 1. The van der Waals surface area contributed by atoms with Gasteiger partial charge in [-0.3, -0.25) is 4.79 Å². The van der Waals surface area contributed by atoms with E-state index < -0.39 is 0 Å². The van der Waals surface area contributed by atoms with Crippen LogP contribution in [-0.2, 0) is 6.54 Å². The van der Waals surface area contributed by atoms with E-state index in [1.807, 2.05) is 24.3 Å². The summed E-state index contributed by atoms with van der Waals surface area (Å²) in [4.78, 5) is 12.6. The first kappa shape index (κ1) is 18.7. The van der Waals surface area contributed by atoms with Crippen LogP contribution in [0.2, 0.25) is 0 Å². The van der Waals surface area contributed by atoms with Crippen molar-refractivity contribution >= 4 is 16.8 Å². The van der Waals surface area contributed by atoms with Crippen molar-refractivity contribution in [3.05, 3.63) is 71.4 Å². The Morgan fingerprint density at radius 3 is 2.61 bits per heavy atom. The molecule has 1 saturated heterocycles. The highest BCUT2D eigenvalue weighted by atomic mass is 16.1. The second-order valence-corrected chi connectivity index (χ2v) is 7.75. The smallest absolute Gasteiger partial charge is 0.252 e. The minimum atomic E-state index is -0.106. The van der Waals surface area contributed by atoms with Crippen molar-refractivity contribution in [2.24, 2.45) is 0 Å². The number of para-hydroxylation sites is 1. The third-order valence-corrected chi connectivity index (χ3v) is 5.56. The average Bonchev–Trinajstić information content (AvgIpc) is 3.31. The van der Waals surface area contributed by atoms with Crippen LogP contribution in [0.15, 0.2) is 54.6 Å². The predicted octanol–water partition coefficient (Wildman–Crippen LogP) is 4.08. The number of aromatic nitrogens is 1. The van der Waals surface area contributed by atoms with Gasteiger partial charge in [0.15, 0.2) is 0 Å². The molecule has 0 spiro atoms. The van der Waals surface area contributed by atoms with Gasteiger partial charge in [-0.1, -0.05) is 44.2 Å². The molecule has 0 radical (unpaired) electrons. The largest absolute Gasteiger partial charge is 0.343 e. The van der Waals surface area contributed by atoms with Crippen LogP contribution >= 0.6 is 0 Å². The Labute approximate surface area is 166 Å². The van der Waals surface area contributed by atoms with Gasteiger partial charge < -0.3 is 9.88 Å². The van der Waals surface area contributed by atoms with Crippen molar-refractivity contribution in [2.45, 2.75) is 51.9 Å². The van der Waals surface area contributed by atoms with Crippen LogP contribution in [-0.4, -0.2) is 16.6 Å². The molecule has 2 atom stereocenters. The van der Waals surface area contributed by atoms with Crippen LogP contribution in [0, 0.1) is 0 Å². The molecule has 0 saturated carbocycles. The summed E-state index contributed by atoms with van der Waals surface area (Å²) in [5.74, 6) is 0.412. The second-order valence-electron chi connectivity index (χ2n) is 7.75. The monoisotopic (exact) mass is 376 g/mol. The summed E-state index contributed by atoms with van der Waals surface area (Å²) in [5.41, 5.74) is 11.0. The van der Waals surface area contributed by atoms with Gasteiger partial charge in [-0.2, -0.15) is 0 Å².